The second-order valence-electron chi connectivity index (χ2n) is 6.94. The third kappa shape index (κ3) is 4.08. The zero-order chi connectivity index (χ0) is 17.8. The standard InChI is InChI=1S/C21H25N3O/c1-14(2)20(21-22-17-11-7-8-12-18(17)23-21)24-19(25)13-15(3)16-9-5-4-6-10-16/h4-12,14-15,20H,13H2,1-3H3,(H,22,23)(H,24,25). The van der Waals surface area contributed by atoms with E-state index in [0.717, 1.165) is 16.9 Å². The number of nitrogens with zero attached hydrogens (tertiary/aromatic N) is 1. The van der Waals surface area contributed by atoms with Crippen LogP contribution in [0.2, 0.25) is 0 Å². The van der Waals surface area contributed by atoms with E-state index >= 15 is 0 Å². The first-order valence-corrected chi connectivity index (χ1v) is 8.83. The van der Waals surface area contributed by atoms with Crippen LogP contribution in [0.1, 0.15) is 50.5 Å². The Morgan fingerprint density at radius 1 is 1.04 bits per heavy atom. The molecule has 1 amide bonds. The van der Waals surface area contributed by atoms with Crippen LogP contribution in [0, 0.1) is 5.92 Å². The van der Waals surface area contributed by atoms with E-state index in [0.29, 0.717) is 6.42 Å². The van der Waals surface area contributed by atoms with Crippen LogP contribution >= 0.6 is 0 Å². The number of para-hydroxylation sites is 2. The number of amides is 1. The highest BCUT2D eigenvalue weighted by molar-refractivity contribution is 5.78. The van der Waals surface area contributed by atoms with Crippen LogP contribution in [0.3, 0.4) is 0 Å². The van der Waals surface area contributed by atoms with Crippen molar-refractivity contribution in [3.05, 3.63) is 66.0 Å². The molecule has 0 fully saturated rings. The molecule has 25 heavy (non-hydrogen) atoms. The third-order valence-electron chi connectivity index (χ3n) is 4.55. The summed E-state index contributed by atoms with van der Waals surface area (Å²) in [4.78, 5) is 20.6. The lowest BCUT2D eigenvalue weighted by atomic mass is 9.96. The van der Waals surface area contributed by atoms with E-state index in [2.05, 4.69) is 48.2 Å². The van der Waals surface area contributed by atoms with Gasteiger partial charge in [-0.1, -0.05) is 63.2 Å². The van der Waals surface area contributed by atoms with Gasteiger partial charge in [0.05, 0.1) is 17.1 Å². The largest absolute Gasteiger partial charge is 0.346 e. The molecule has 4 nitrogen and oxygen atoms in total. The van der Waals surface area contributed by atoms with Crippen molar-refractivity contribution in [3.63, 3.8) is 0 Å². The van der Waals surface area contributed by atoms with Crippen molar-refractivity contribution in [2.75, 3.05) is 0 Å². The van der Waals surface area contributed by atoms with Crippen LogP contribution in [0.4, 0.5) is 0 Å². The Balaban J connectivity index is 1.72. The Labute approximate surface area is 148 Å². The SMILES string of the molecule is CC(CC(=O)NC(c1nc2ccccc2[nH]1)C(C)C)c1ccccc1. The van der Waals surface area contributed by atoms with Crippen LogP contribution < -0.4 is 5.32 Å². The Bertz CT molecular complexity index is 805. The molecule has 130 valence electrons. The first-order valence-electron chi connectivity index (χ1n) is 8.83. The number of hydrogen-bond acceptors (Lipinski definition) is 2. The summed E-state index contributed by atoms with van der Waals surface area (Å²) in [5, 5.41) is 3.16. The summed E-state index contributed by atoms with van der Waals surface area (Å²) in [6, 6.07) is 18.0. The highest BCUT2D eigenvalue weighted by Gasteiger charge is 2.22. The molecule has 3 rings (SSSR count). The van der Waals surface area contributed by atoms with Gasteiger partial charge in [0, 0.05) is 6.42 Å². The van der Waals surface area contributed by atoms with Gasteiger partial charge in [-0.2, -0.15) is 0 Å². The molecule has 2 unspecified atom stereocenters. The van der Waals surface area contributed by atoms with E-state index in [9.17, 15) is 4.79 Å². The molecule has 0 saturated carbocycles. The number of carbonyl (C=O) groups is 1. The maximum atomic E-state index is 12.6. The summed E-state index contributed by atoms with van der Waals surface area (Å²) >= 11 is 0. The minimum absolute atomic E-state index is 0.0514. The lowest BCUT2D eigenvalue weighted by molar-refractivity contribution is -0.122. The minimum Gasteiger partial charge on any atom is -0.346 e. The van der Waals surface area contributed by atoms with Gasteiger partial charge in [-0.15, -0.1) is 0 Å². The summed E-state index contributed by atoms with van der Waals surface area (Å²) in [5.74, 6) is 1.30. The quantitative estimate of drug-likeness (QED) is 0.693. The van der Waals surface area contributed by atoms with Crippen molar-refractivity contribution < 1.29 is 4.79 Å². The fourth-order valence-electron chi connectivity index (χ4n) is 3.08. The van der Waals surface area contributed by atoms with E-state index < -0.39 is 0 Å². The molecule has 2 N–H and O–H groups in total. The maximum absolute atomic E-state index is 12.6. The van der Waals surface area contributed by atoms with Gasteiger partial charge in [0.2, 0.25) is 5.91 Å². The molecule has 0 aliphatic carbocycles. The topological polar surface area (TPSA) is 57.8 Å². The fraction of sp³-hybridized carbons (Fsp3) is 0.333. The van der Waals surface area contributed by atoms with E-state index in [-0.39, 0.29) is 23.8 Å². The average molecular weight is 335 g/mol. The van der Waals surface area contributed by atoms with Crippen LogP contribution in [0.25, 0.3) is 11.0 Å². The minimum atomic E-state index is -0.122. The molecule has 4 heteroatoms. The van der Waals surface area contributed by atoms with Crippen molar-refractivity contribution in [1.82, 2.24) is 15.3 Å². The van der Waals surface area contributed by atoms with Crippen molar-refractivity contribution >= 4 is 16.9 Å². The lowest BCUT2D eigenvalue weighted by Gasteiger charge is -2.21. The molecule has 0 spiro atoms. The number of carbonyl (C=O) groups excluding carboxylic acids is 1. The van der Waals surface area contributed by atoms with Gasteiger partial charge in [-0.05, 0) is 29.5 Å². The number of H-pyrrole nitrogens is 1. The molecule has 0 saturated heterocycles. The monoisotopic (exact) mass is 335 g/mol. The highest BCUT2D eigenvalue weighted by atomic mass is 16.1. The molecule has 2 atom stereocenters. The number of nitrogens with one attached hydrogen (secondary N) is 2. The molecule has 0 aliphatic heterocycles. The van der Waals surface area contributed by atoms with E-state index in [4.69, 9.17) is 0 Å². The Morgan fingerprint density at radius 2 is 1.72 bits per heavy atom. The van der Waals surface area contributed by atoms with Crippen molar-refractivity contribution in [2.45, 2.75) is 39.2 Å². The van der Waals surface area contributed by atoms with E-state index in [1.165, 1.54) is 5.56 Å². The molecule has 1 heterocycles. The van der Waals surface area contributed by atoms with E-state index in [1.54, 1.807) is 0 Å². The first-order chi connectivity index (χ1) is 12.0. The number of aromatic amines is 1. The van der Waals surface area contributed by atoms with Crippen LogP contribution in [0.15, 0.2) is 54.6 Å². The summed E-state index contributed by atoms with van der Waals surface area (Å²) in [7, 11) is 0. The van der Waals surface area contributed by atoms with Crippen molar-refractivity contribution in [3.8, 4) is 0 Å². The van der Waals surface area contributed by atoms with Gasteiger partial charge in [0.25, 0.3) is 0 Å². The zero-order valence-corrected chi connectivity index (χ0v) is 15.0. The Morgan fingerprint density at radius 3 is 2.40 bits per heavy atom. The summed E-state index contributed by atoms with van der Waals surface area (Å²) in [6.45, 7) is 6.28. The summed E-state index contributed by atoms with van der Waals surface area (Å²) < 4.78 is 0. The molecule has 1 aromatic heterocycles. The van der Waals surface area contributed by atoms with Gasteiger partial charge in [0.15, 0.2) is 0 Å². The number of fused-ring (bicyclic) bond motifs is 1. The normalized spacial score (nSPS) is 13.8. The molecule has 2 aromatic carbocycles. The summed E-state index contributed by atoms with van der Waals surface area (Å²) in [5.41, 5.74) is 3.10. The molecular formula is C21H25N3O. The molecule has 0 radical (unpaired) electrons. The summed E-state index contributed by atoms with van der Waals surface area (Å²) in [6.07, 6.45) is 0.466. The van der Waals surface area contributed by atoms with Gasteiger partial charge >= 0.3 is 0 Å². The Kier molecular flexibility index (Phi) is 5.17. The second kappa shape index (κ2) is 7.51. The van der Waals surface area contributed by atoms with Crippen molar-refractivity contribution in [2.24, 2.45) is 5.92 Å². The highest BCUT2D eigenvalue weighted by Crippen LogP contribution is 2.24. The van der Waals surface area contributed by atoms with Crippen molar-refractivity contribution in [1.29, 1.82) is 0 Å². The zero-order valence-electron chi connectivity index (χ0n) is 15.0. The smallest absolute Gasteiger partial charge is 0.221 e. The fourth-order valence-corrected chi connectivity index (χ4v) is 3.08. The lowest BCUT2D eigenvalue weighted by Crippen LogP contribution is -2.33. The first kappa shape index (κ1) is 17.2. The average Bonchev–Trinajstić information content (AvgIpc) is 3.03. The van der Waals surface area contributed by atoms with Gasteiger partial charge < -0.3 is 10.3 Å². The van der Waals surface area contributed by atoms with Gasteiger partial charge in [-0.3, -0.25) is 4.79 Å². The predicted molar refractivity (Wildman–Crippen MR) is 101 cm³/mol. The third-order valence-corrected chi connectivity index (χ3v) is 4.55. The van der Waals surface area contributed by atoms with Crippen LogP contribution in [0.5, 0.6) is 0 Å². The number of benzene rings is 2. The number of hydrogen-bond donors (Lipinski definition) is 2. The van der Waals surface area contributed by atoms with Gasteiger partial charge in [0.1, 0.15) is 5.82 Å². The predicted octanol–water partition coefficient (Wildman–Crippen LogP) is 4.57. The van der Waals surface area contributed by atoms with Gasteiger partial charge in [-0.25, -0.2) is 4.98 Å². The van der Waals surface area contributed by atoms with Crippen LogP contribution in [-0.4, -0.2) is 15.9 Å². The maximum Gasteiger partial charge on any atom is 0.221 e. The van der Waals surface area contributed by atoms with Crippen LogP contribution in [-0.2, 0) is 4.79 Å². The molecule has 3 aromatic rings. The Hall–Kier alpha value is -2.62. The molecular weight excluding hydrogens is 310 g/mol. The number of aromatic nitrogens is 2. The molecule has 0 bridgehead atoms. The molecule has 0 aliphatic rings. The number of imidazole rings is 1. The number of rotatable bonds is 6. The second-order valence-corrected chi connectivity index (χ2v) is 6.94. The van der Waals surface area contributed by atoms with E-state index in [1.807, 2.05) is 42.5 Å².